The molecule has 0 aromatic carbocycles. The van der Waals surface area contributed by atoms with Crippen molar-refractivity contribution >= 4 is 6.03 Å². The quantitative estimate of drug-likeness (QED) is 0.562. The summed E-state index contributed by atoms with van der Waals surface area (Å²) < 4.78 is 4.95. The van der Waals surface area contributed by atoms with Crippen LogP contribution < -0.4 is 10.6 Å². The summed E-state index contributed by atoms with van der Waals surface area (Å²) in [5.74, 6) is 0. The van der Waals surface area contributed by atoms with Gasteiger partial charge in [0.1, 0.15) is 0 Å². The smallest absolute Gasteiger partial charge is 0.317 e. The minimum atomic E-state index is 0.0659. The Morgan fingerprint density at radius 1 is 1.47 bits per heavy atom. The van der Waals surface area contributed by atoms with E-state index in [1.807, 2.05) is 4.90 Å². The van der Waals surface area contributed by atoms with Crippen molar-refractivity contribution in [2.45, 2.75) is 12.8 Å². The number of methoxy groups -OCH3 is 1. The standard InChI is InChI=1S/C10H21N3O2/c1-15-9-3-2-4-11-5-7-13-8-6-12-10(13)14/h11H,2-9H2,1H3,(H,12,14). The molecule has 0 radical (unpaired) electrons. The first kappa shape index (κ1) is 12.3. The SMILES string of the molecule is COCCCCNCCN1CCNC1=O. The van der Waals surface area contributed by atoms with Gasteiger partial charge in [0.15, 0.2) is 0 Å². The zero-order chi connectivity index (χ0) is 10.9. The molecule has 0 aromatic rings. The number of nitrogens with one attached hydrogen (secondary N) is 2. The summed E-state index contributed by atoms with van der Waals surface area (Å²) >= 11 is 0. The van der Waals surface area contributed by atoms with Crippen LogP contribution in [0.2, 0.25) is 0 Å². The lowest BCUT2D eigenvalue weighted by molar-refractivity contribution is 0.192. The zero-order valence-electron chi connectivity index (χ0n) is 9.42. The Morgan fingerprint density at radius 3 is 3.00 bits per heavy atom. The fourth-order valence-electron chi connectivity index (χ4n) is 1.56. The van der Waals surface area contributed by atoms with Gasteiger partial charge in [0.05, 0.1) is 0 Å². The summed E-state index contributed by atoms with van der Waals surface area (Å²) in [5.41, 5.74) is 0. The molecule has 1 rings (SSSR count). The van der Waals surface area contributed by atoms with Crippen LogP contribution in [0, 0.1) is 0 Å². The predicted octanol–water partition coefficient (Wildman–Crippen LogP) is 0.0278. The monoisotopic (exact) mass is 215 g/mol. The summed E-state index contributed by atoms with van der Waals surface area (Å²) in [6, 6.07) is 0.0659. The van der Waals surface area contributed by atoms with Crippen LogP contribution in [0.4, 0.5) is 4.79 Å². The van der Waals surface area contributed by atoms with Gasteiger partial charge in [-0.3, -0.25) is 0 Å². The van der Waals surface area contributed by atoms with Crippen LogP contribution in [0.15, 0.2) is 0 Å². The minimum absolute atomic E-state index is 0.0659. The van der Waals surface area contributed by atoms with E-state index >= 15 is 0 Å². The van der Waals surface area contributed by atoms with Crippen LogP contribution in [0.25, 0.3) is 0 Å². The van der Waals surface area contributed by atoms with Crippen LogP contribution in [-0.2, 0) is 4.74 Å². The second-order valence-electron chi connectivity index (χ2n) is 3.67. The molecule has 1 aliphatic heterocycles. The molecule has 0 saturated carbocycles. The summed E-state index contributed by atoms with van der Waals surface area (Å²) in [6.45, 7) is 5.13. The molecular weight excluding hydrogens is 194 g/mol. The Hall–Kier alpha value is -0.810. The lowest BCUT2D eigenvalue weighted by atomic mass is 10.3. The van der Waals surface area contributed by atoms with Crippen molar-refractivity contribution in [1.29, 1.82) is 0 Å². The average molecular weight is 215 g/mol. The third-order valence-electron chi connectivity index (χ3n) is 2.46. The number of amides is 2. The van der Waals surface area contributed by atoms with E-state index in [2.05, 4.69) is 10.6 Å². The molecule has 88 valence electrons. The number of rotatable bonds is 8. The highest BCUT2D eigenvalue weighted by atomic mass is 16.5. The van der Waals surface area contributed by atoms with Gasteiger partial charge in [0.25, 0.3) is 0 Å². The molecule has 0 unspecified atom stereocenters. The molecule has 1 fully saturated rings. The molecule has 0 aromatic heterocycles. The molecule has 0 aliphatic carbocycles. The molecule has 0 spiro atoms. The van der Waals surface area contributed by atoms with Gasteiger partial charge < -0.3 is 20.3 Å². The third-order valence-corrected chi connectivity index (χ3v) is 2.46. The molecule has 1 saturated heterocycles. The molecular formula is C10H21N3O2. The highest BCUT2D eigenvalue weighted by Crippen LogP contribution is 1.94. The molecule has 1 heterocycles. The van der Waals surface area contributed by atoms with Crippen molar-refractivity contribution in [2.75, 3.05) is 46.4 Å². The van der Waals surface area contributed by atoms with E-state index in [1.165, 1.54) is 0 Å². The zero-order valence-corrected chi connectivity index (χ0v) is 9.42. The Balaban J connectivity index is 1.86. The Labute approximate surface area is 91.2 Å². The fraction of sp³-hybridized carbons (Fsp3) is 0.900. The lowest BCUT2D eigenvalue weighted by Crippen LogP contribution is -2.34. The van der Waals surface area contributed by atoms with Gasteiger partial charge >= 0.3 is 6.03 Å². The molecule has 1 aliphatic rings. The van der Waals surface area contributed by atoms with Gasteiger partial charge in [-0.05, 0) is 19.4 Å². The topological polar surface area (TPSA) is 53.6 Å². The van der Waals surface area contributed by atoms with Crippen LogP contribution in [0.5, 0.6) is 0 Å². The highest BCUT2D eigenvalue weighted by Gasteiger charge is 2.17. The van der Waals surface area contributed by atoms with Crippen LogP contribution in [-0.4, -0.2) is 57.4 Å². The van der Waals surface area contributed by atoms with E-state index in [9.17, 15) is 4.79 Å². The molecule has 5 heteroatoms. The van der Waals surface area contributed by atoms with E-state index < -0.39 is 0 Å². The minimum Gasteiger partial charge on any atom is -0.385 e. The number of ether oxygens (including phenoxy) is 1. The van der Waals surface area contributed by atoms with E-state index in [4.69, 9.17) is 4.74 Å². The Morgan fingerprint density at radius 2 is 2.33 bits per heavy atom. The second-order valence-corrected chi connectivity index (χ2v) is 3.67. The summed E-state index contributed by atoms with van der Waals surface area (Å²) in [5, 5.41) is 6.10. The van der Waals surface area contributed by atoms with Crippen molar-refractivity contribution < 1.29 is 9.53 Å². The first-order valence-corrected chi connectivity index (χ1v) is 5.57. The number of hydrogen-bond donors (Lipinski definition) is 2. The van der Waals surface area contributed by atoms with E-state index in [0.29, 0.717) is 0 Å². The number of hydrogen-bond acceptors (Lipinski definition) is 3. The summed E-state index contributed by atoms with van der Waals surface area (Å²) in [4.78, 5) is 13.0. The second kappa shape index (κ2) is 7.48. The molecule has 5 nitrogen and oxygen atoms in total. The first-order chi connectivity index (χ1) is 7.34. The molecule has 15 heavy (non-hydrogen) atoms. The number of carbonyl (C=O) groups is 1. The molecule has 0 atom stereocenters. The number of nitrogens with zero attached hydrogens (tertiary/aromatic N) is 1. The normalized spacial score (nSPS) is 15.8. The Bertz CT molecular complexity index is 188. The van der Waals surface area contributed by atoms with Gasteiger partial charge in [-0.1, -0.05) is 0 Å². The van der Waals surface area contributed by atoms with Gasteiger partial charge in [-0.2, -0.15) is 0 Å². The van der Waals surface area contributed by atoms with Crippen molar-refractivity contribution in [3.63, 3.8) is 0 Å². The summed E-state index contributed by atoms with van der Waals surface area (Å²) in [6.07, 6.45) is 2.22. The largest absolute Gasteiger partial charge is 0.385 e. The number of carbonyl (C=O) groups excluding carboxylic acids is 1. The Kier molecular flexibility index (Phi) is 6.11. The van der Waals surface area contributed by atoms with Crippen LogP contribution in [0.1, 0.15) is 12.8 Å². The van der Waals surface area contributed by atoms with Crippen LogP contribution >= 0.6 is 0 Å². The van der Waals surface area contributed by atoms with Gasteiger partial charge in [-0.25, -0.2) is 4.79 Å². The maximum absolute atomic E-state index is 11.1. The average Bonchev–Trinajstić information content (AvgIpc) is 2.63. The summed E-state index contributed by atoms with van der Waals surface area (Å²) in [7, 11) is 1.72. The number of urea groups is 1. The predicted molar refractivity (Wildman–Crippen MR) is 59.0 cm³/mol. The van der Waals surface area contributed by atoms with Crippen molar-refractivity contribution in [2.24, 2.45) is 0 Å². The third kappa shape index (κ3) is 4.99. The highest BCUT2D eigenvalue weighted by molar-refractivity contribution is 5.76. The van der Waals surface area contributed by atoms with Gasteiger partial charge in [0.2, 0.25) is 0 Å². The molecule has 0 bridgehead atoms. The molecule has 2 N–H and O–H groups in total. The van der Waals surface area contributed by atoms with Crippen LogP contribution in [0.3, 0.4) is 0 Å². The van der Waals surface area contributed by atoms with Gasteiger partial charge in [-0.15, -0.1) is 0 Å². The van der Waals surface area contributed by atoms with E-state index in [0.717, 1.165) is 52.2 Å². The maximum atomic E-state index is 11.1. The maximum Gasteiger partial charge on any atom is 0.317 e. The van der Waals surface area contributed by atoms with Crippen molar-refractivity contribution in [1.82, 2.24) is 15.5 Å². The van der Waals surface area contributed by atoms with E-state index in [-0.39, 0.29) is 6.03 Å². The first-order valence-electron chi connectivity index (χ1n) is 5.57. The van der Waals surface area contributed by atoms with Crippen molar-refractivity contribution in [3.8, 4) is 0 Å². The van der Waals surface area contributed by atoms with E-state index in [1.54, 1.807) is 7.11 Å². The van der Waals surface area contributed by atoms with Gasteiger partial charge in [0, 0.05) is 39.9 Å². The fourth-order valence-corrected chi connectivity index (χ4v) is 1.56. The number of unbranched alkanes of at least 4 members (excludes halogenated alkanes) is 1. The van der Waals surface area contributed by atoms with Crippen molar-refractivity contribution in [3.05, 3.63) is 0 Å². The lowest BCUT2D eigenvalue weighted by Gasteiger charge is -2.14. The molecule has 2 amide bonds.